The summed E-state index contributed by atoms with van der Waals surface area (Å²) in [6, 6.07) is 13.7. The molecule has 0 saturated carbocycles. The van der Waals surface area contributed by atoms with Crippen molar-refractivity contribution in [2.75, 3.05) is 36.8 Å². The second-order valence-electron chi connectivity index (χ2n) is 7.68. The highest BCUT2D eigenvalue weighted by Crippen LogP contribution is 2.23. The summed E-state index contributed by atoms with van der Waals surface area (Å²) in [5.74, 6) is 2.20. The summed E-state index contributed by atoms with van der Waals surface area (Å²) < 4.78 is 18.4. The number of hydrogen-bond acceptors (Lipinski definition) is 6. The monoisotopic (exact) mass is 438 g/mol. The van der Waals surface area contributed by atoms with Crippen LogP contribution in [0.4, 0.5) is 5.82 Å². The van der Waals surface area contributed by atoms with Crippen LogP contribution in [-0.4, -0.2) is 56.9 Å². The fraction of sp³-hybridized carbons (Fsp3) is 0.348. The number of benzene rings is 1. The number of anilines is 1. The number of pyridine rings is 1. The maximum Gasteiger partial charge on any atom is 0.235 e. The van der Waals surface area contributed by atoms with Gasteiger partial charge in [0.25, 0.3) is 0 Å². The summed E-state index contributed by atoms with van der Waals surface area (Å²) in [5.41, 5.74) is 2.65. The molecule has 0 aliphatic carbocycles. The van der Waals surface area contributed by atoms with Gasteiger partial charge in [-0.15, -0.1) is 0 Å². The summed E-state index contributed by atoms with van der Waals surface area (Å²) in [4.78, 5) is 25.5. The highest BCUT2D eigenvalue weighted by molar-refractivity contribution is 7.84. The predicted molar refractivity (Wildman–Crippen MR) is 121 cm³/mol. The first-order chi connectivity index (χ1) is 15.0. The van der Waals surface area contributed by atoms with Crippen LogP contribution in [-0.2, 0) is 21.3 Å². The number of carbonyl (C=O) groups excluding carboxylic acids is 1. The molecule has 3 aromatic rings. The van der Waals surface area contributed by atoms with E-state index in [1.807, 2.05) is 56.3 Å². The van der Waals surface area contributed by atoms with Crippen LogP contribution in [0.25, 0.3) is 11.5 Å². The zero-order valence-corrected chi connectivity index (χ0v) is 18.6. The third-order valence-electron chi connectivity index (χ3n) is 5.35. The van der Waals surface area contributed by atoms with Gasteiger partial charge in [-0.3, -0.25) is 9.00 Å². The Balaban J connectivity index is 1.32. The van der Waals surface area contributed by atoms with Gasteiger partial charge in [-0.25, -0.2) is 9.97 Å². The number of aromatic nitrogens is 2. The molecule has 1 aromatic carbocycles. The van der Waals surface area contributed by atoms with E-state index in [1.165, 1.54) is 0 Å². The fourth-order valence-corrected chi connectivity index (χ4v) is 4.75. The Bertz CT molecular complexity index is 1080. The standard InChI is InChI=1S/C23H26N4O3S/c1-17-6-5-7-19(14-17)23-25-20(18(2)30-23)15-31(29)16-22(28)27-12-10-26(11-13-27)21-8-3-4-9-24-21/h3-9,14H,10-13,15-16H2,1-2H3/t31-/m0/s1. The van der Waals surface area contributed by atoms with Crippen molar-refractivity contribution in [1.29, 1.82) is 0 Å². The van der Waals surface area contributed by atoms with Gasteiger partial charge in [0.15, 0.2) is 0 Å². The van der Waals surface area contributed by atoms with E-state index in [4.69, 9.17) is 4.42 Å². The van der Waals surface area contributed by atoms with Crippen molar-refractivity contribution >= 4 is 22.5 Å². The van der Waals surface area contributed by atoms with Crippen molar-refractivity contribution in [2.45, 2.75) is 19.6 Å². The van der Waals surface area contributed by atoms with Gasteiger partial charge in [-0.2, -0.15) is 0 Å². The second kappa shape index (κ2) is 9.43. The Kier molecular flexibility index (Phi) is 6.46. The quantitative estimate of drug-likeness (QED) is 0.589. The average Bonchev–Trinajstić information content (AvgIpc) is 3.14. The Morgan fingerprint density at radius 2 is 1.90 bits per heavy atom. The van der Waals surface area contributed by atoms with Crippen LogP contribution in [0.2, 0.25) is 0 Å². The number of nitrogens with zero attached hydrogens (tertiary/aromatic N) is 4. The van der Waals surface area contributed by atoms with Gasteiger partial charge in [0, 0.05) is 48.7 Å². The SMILES string of the molecule is Cc1cccc(-c2nc(C[S@](=O)CC(=O)N3CCN(c4ccccn4)CC3)c(C)o2)c1. The molecule has 2 aromatic heterocycles. The van der Waals surface area contributed by atoms with Gasteiger partial charge in [0.05, 0.1) is 11.4 Å². The summed E-state index contributed by atoms with van der Waals surface area (Å²) in [6.45, 7) is 6.48. The van der Waals surface area contributed by atoms with Gasteiger partial charge in [-0.1, -0.05) is 23.8 Å². The van der Waals surface area contributed by atoms with E-state index in [0.717, 1.165) is 30.0 Å². The molecule has 0 N–H and O–H groups in total. The Morgan fingerprint density at radius 3 is 2.61 bits per heavy atom. The predicted octanol–water partition coefficient (Wildman–Crippen LogP) is 2.95. The molecule has 0 bridgehead atoms. The van der Waals surface area contributed by atoms with Crippen molar-refractivity contribution in [3.8, 4) is 11.5 Å². The molecule has 8 heteroatoms. The molecule has 1 saturated heterocycles. The van der Waals surface area contributed by atoms with Crippen LogP contribution < -0.4 is 4.90 Å². The molecular weight excluding hydrogens is 412 g/mol. The molecule has 0 radical (unpaired) electrons. The maximum absolute atomic E-state index is 12.7. The van der Waals surface area contributed by atoms with Crippen LogP contribution in [0, 0.1) is 13.8 Å². The van der Waals surface area contributed by atoms with Crippen LogP contribution >= 0.6 is 0 Å². The van der Waals surface area contributed by atoms with E-state index < -0.39 is 10.8 Å². The zero-order chi connectivity index (χ0) is 21.8. The molecule has 31 heavy (non-hydrogen) atoms. The molecule has 3 heterocycles. The van der Waals surface area contributed by atoms with E-state index in [2.05, 4.69) is 14.9 Å². The van der Waals surface area contributed by atoms with Crippen LogP contribution in [0.3, 0.4) is 0 Å². The lowest BCUT2D eigenvalue weighted by Crippen LogP contribution is -2.50. The number of aryl methyl sites for hydroxylation is 2. The summed E-state index contributed by atoms with van der Waals surface area (Å²) in [7, 11) is -1.34. The highest BCUT2D eigenvalue weighted by Gasteiger charge is 2.24. The lowest BCUT2D eigenvalue weighted by Gasteiger charge is -2.35. The summed E-state index contributed by atoms with van der Waals surface area (Å²) in [6.07, 6.45) is 1.77. The van der Waals surface area contributed by atoms with Crippen LogP contribution in [0.15, 0.2) is 53.1 Å². The maximum atomic E-state index is 12.7. The van der Waals surface area contributed by atoms with Gasteiger partial charge in [0.2, 0.25) is 11.8 Å². The molecule has 1 amide bonds. The number of hydrogen-bond donors (Lipinski definition) is 0. The Morgan fingerprint density at radius 1 is 1.10 bits per heavy atom. The second-order valence-corrected chi connectivity index (χ2v) is 9.13. The molecule has 4 rings (SSSR count). The molecule has 162 valence electrons. The molecule has 7 nitrogen and oxygen atoms in total. The lowest BCUT2D eigenvalue weighted by molar-refractivity contribution is -0.128. The molecule has 1 aliphatic rings. The number of oxazole rings is 1. The van der Waals surface area contributed by atoms with E-state index in [0.29, 0.717) is 30.4 Å². The molecular formula is C23H26N4O3S. The first kappa shape index (κ1) is 21.2. The van der Waals surface area contributed by atoms with E-state index in [9.17, 15) is 9.00 Å². The average molecular weight is 439 g/mol. The minimum Gasteiger partial charge on any atom is -0.441 e. The summed E-state index contributed by atoms with van der Waals surface area (Å²) in [5, 5.41) is 0. The first-order valence-corrected chi connectivity index (χ1v) is 11.8. The molecule has 1 atom stereocenters. The normalized spacial score (nSPS) is 15.2. The van der Waals surface area contributed by atoms with Crippen LogP contribution in [0.1, 0.15) is 17.0 Å². The minimum absolute atomic E-state index is 0.00430. The fourth-order valence-electron chi connectivity index (χ4n) is 3.62. The third-order valence-corrected chi connectivity index (χ3v) is 6.51. The number of amides is 1. The van der Waals surface area contributed by atoms with Crippen molar-refractivity contribution in [3.05, 3.63) is 65.7 Å². The molecule has 0 spiro atoms. The Hall–Kier alpha value is -3.00. The van der Waals surface area contributed by atoms with Gasteiger partial charge in [-0.05, 0) is 38.1 Å². The zero-order valence-electron chi connectivity index (χ0n) is 17.8. The largest absolute Gasteiger partial charge is 0.441 e. The molecule has 1 fully saturated rings. The summed E-state index contributed by atoms with van der Waals surface area (Å²) >= 11 is 0. The molecule has 1 aliphatic heterocycles. The number of piperazine rings is 1. The van der Waals surface area contributed by atoms with E-state index in [-0.39, 0.29) is 17.4 Å². The van der Waals surface area contributed by atoms with E-state index in [1.54, 1.807) is 11.1 Å². The van der Waals surface area contributed by atoms with Crippen molar-refractivity contribution < 1.29 is 13.4 Å². The third kappa shape index (κ3) is 5.19. The smallest absolute Gasteiger partial charge is 0.235 e. The topological polar surface area (TPSA) is 79.5 Å². The van der Waals surface area contributed by atoms with Gasteiger partial charge >= 0.3 is 0 Å². The minimum atomic E-state index is -1.34. The van der Waals surface area contributed by atoms with Crippen LogP contribution in [0.5, 0.6) is 0 Å². The highest BCUT2D eigenvalue weighted by atomic mass is 32.2. The van der Waals surface area contributed by atoms with Crippen molar-refractivity contribution in [2.24, 2.45) is 0 Å². The lowest BCUT2D eigenvalue weighted by atomic mass is 10.1. The first-order valence-electron chi connectivity index (χ1n) is 10.3. The van der Waals surface area contributed by atoms with Crippen molar-refractivity contribution in [3.63, 3.8) is 0 Å². The molecule has 0 unspecified atom stereocenters. The number of rotatable bonds is 6. The van der Waals surface area contributed by atoms with E-state index >= 15 is 0 Å². The number of carbonyl (C=O) groups is 1. The van der Waals surface area contributed by atoms with Gasteiger partial charge < -0.3 is 14.2 Å². The van der Waals surface area contributed by atoms with Gasteiger partial charge in [0.1, 0.15) is 17.3 Å². The van der Waals surface area contributed by atoms with Crippen molar-refractivity contribution in [1.82, 2.24) is 14.9 Å². The Labute approximate surface area is 184 Å².